The topological polar surface area (TPSA) is 83.1 Å². The van der Waals surface area contributed by atoms with Crippen LogP contribution in [0.2, 0.25) is 15.1 Å². The number of pyridine rings is 2. The number of hydrogen-bond donors (Lipinski definition) is 0. The first kappa shape index (κ1) is 40.7. The Kier molecular flexibility index (Phi) is 14.5. The van der Waals surface area contributed by atoms with E-state index in [0.717, 1.165) is 125 Å². The number of halogens is 3. The van der Waals surface area contributed by atoms with E-state index in [1.165, 1.54) is 0 Å². The molecule has 4 aromatic heterocycles. The third-order valence-corrected chi connectivity index (χ3v) is 11.6. The number of carbonyl (C=O) groups is 1. The lowest BCUT2D eigenvalue weighted by molar-refractivity contribution is 0.112. The van der Waals surface area contributed by atoms with Crippen LogP contribution in [-0.2, 0) is 0 Å². The van der Waals surface area contributed by atoms with Gasteiger partial charge in [0, 0.05) is 70.8 Å². The third kappa shape index (κ3) is 10.7. The Labute approximate surface area is 349 Å². The van der Waals surface area contributed by atoms with Crippen molar-refractivity contribution in [1.82, 2.24) is 29.0 Å². The zero-order chi connectivity index (χ0) is 39.4. The molecule has 0 atom stereocenters. The second-order valence-corrected chi connectivity index (χ2v) is 15.4. The van der Waals surface area contributed by atoms with E-state index in [4.69, 9.17) is 44.3 Å². The molecule has 8 rings (SSSR count). The van der Waals surface area contributed by atoms with E-state index in [9.17, 15) is 4.79 Å². The lowest BCUT2D eigenvalue weighted by Gasteiger charge is -2.36. The van der Waals surface area contributed by atoms with Crippen LogP contribution in [0.4, 0.5) is 11.4 Å². The molecule has 0 N–H and O–H groups in total. The van der Waals surface area contributed by atoms with Crippen molar-refractivity contribution >= 4 is 63.5 Å². The average Bonchev–Trinajstić information content (AvgIpc) is 3.83. The Bertz CT molecular complexity index is 2160. The van der Waals surface area contributed by atoms with Gasteiger partial charge in [0.2, 0.25) is 11.8 Å². The fourth-order valence-corrected chi connectivity index (χ4v) is 7.96. The molecule has 300 valence electrons. The first-order valence-corrected chi connectivity index (χ1v) is 20.9. The number of rotatable bonds is 15. The van der Waals surface area contributed by atoms with Gasteiger partial charge in [0.15, 0.2) is 6.29 Å². The van der Waals surface area contributed by atoms with Crippen LogP contribution in [0.15, 0.2) is 97.3 Å². The highest BCUT2D eigenvalue weighted by Gasteiger charge is 2.21. The Morgan fingerprint density at radius 1 is 0.596 bits per heavy atom. The number of aldehydes is 1. The number of piperazine rings is 2. The van der Waals surface area contributed by atoms with E-state index in [1.54, 1.807) is 4.52 Å². The minimum atomic E-state index is 0.406. The minimum absolute atomic E-state index is 0.406. The summed E-state index contributed by atoms with van der Waals surface area (Å²) in [6.45, 7) is 11.5. The van der Waals surface area contributed by atoms with Crippen molar-refractivity contribution in [2.45, 2.75) is 25.7 Å². The number of hydrogen-bond acceptors (Lipinski definition) is 9. The van der Waals surface area contributed by atoms with Gasteiger partial charge in [-0.05, 0) is 87.3 Å². The molecule has 6 aromatic rings. The van der Waals surface area contributed by atoms with Crippen molar-refractivity contribution in [2.24, 2.45) is 0 Å². The van der Waals surface area contributed by atoms with Crippen molar-refractivity contribution in [3.05, 3.63) is 118 Å². The lowest BCUT2D eigenvalue weighted by atomic mass is 10.2. The molecular weight excluding hydrogens is 783 g/mol. The molecule has 2 aliphatic heterocycles. The molecule has 0 saturated carbocycles. The lowest BCUT2D eigenvalue weighted by Crippen LogP contribution is -2.46. The Hall–Kier alpha value is -4.52. The number of aromatic nitrogens is 4. The molecule has 2 aromatic carbocycles. The van der Waals surface area contributed by atoms with Gasteiger partial charge in [0.25, 0.3) is 0 Å². The minimum Gasteiger partial charge on any atom is -0.477 e. The van der Waals surface area contributed by atoms with Crippen molar-refractivity contribution in [3.8, 4) is 11.8 Å². The van der Waals surface area contributed by atoms with Crippen molar-refractivity contribution < 1.29 is 14.3 Å². The van der Waals surface area contributed by atoms with Crippen LogP contribution in [0.3, 0.4) is 0 Å². The maximum Gasteiger partial charge on any atom is 0.244 e. The molecule has 11 nitrogen and oxygen atoms in total. The predicted octanol–water partition coefficient (Wildman–Crippen LogP) is 8.40. The second-order valence-electron chi connectivity index (χ2n) is 14.2. The maximum absolute atomic E-state index is 11.4. The van der Waals surface area contributed by atoms with Crippen LogP contribution in [0.5, 0.6) is 11.8 Å². The molecule has 0 radical (unpaired) electrons. The number of para-hydroxylation sites is 1. The first-order chi connectivity index (χ1) is 28.0. The van der Waals surface area contributed by atoms with Gasteiger partial charge in [-0.15, -0.1) is 10.2 Å². The van der Waals surface area contributed by atoms with Gasteiger partial charge in [-0.3, -0.25) is 14.6 Å². The molecule has 0 bridgehead atoms. The molecule has 6 heterocycles. The largest absolute Gasteiger partial charge is 0.477 e. The number of unbranched alkanes of at least 4 members (excludes halogenated alkanes) is 2. The van der Waals surface area contributed by atoms with Crippen molar-refractivity contribution in [1.29, 1.82) is 0 Å². The number of anilines is 2. The Balaban J connectivity index is 0.000000175. The van der Waals surface area contributed by atoms with Gasteiger partial charge >= 0.3 is 0 Å². The smallest absolute Gasteiger partial charge is 0.244 e. The molecule has 14 heteroatoms. The van der Waals surface area contributed by atoms with Crippen LogP contribution < -0.4 is 19.3 Å². The monoisotopic (exact) mass is 830 g/mol. The van der Waals surface area contributed by atoms with Crippen LogP contribution in [-0.4, -0.2) is 114 Å². The quantitative estimate of drug-likeness (QED) is 0.0749. The Morgan fingerprint density at radius 2 is 1.19 bits per heavy atom. The molecule has 2 aliphatic rings. The van der Waals surface area contributed by atoms with Gasteiger partial charge in [-0.25, -0.2) is 9.03 Å². The number of carbonyl (C=O) groups excluding carboxylic acids is 1. The molecule has 0 aliphatic carbocycles. The van der Waals surface area contributed by atoms with E-state index in [2.05, 4.69) is 41.9 Å². The van der Waals surface area contributed by atoms with E-state index < -0.39 is 0 Å². The summed E-state index contributed by atoms with van der Waals surface area (Å²) in [5.41, 5.74) is 4.49. The standard InChI is InChI=1S/C22H24Cl2N4O2.C21H25ClN4O/c23-18-6-5-8-20(21(18)24)27-13-11-26(12-14-27)9-3-4-15-30-22-17(16-29)19-7-1-2-10-28(19)25-22;22-19-8-1-2-9-20(19)25-14-12-24(13-15-25)10-5-6-16-27-21-17-18-7-3-4-11-26(18)23-21/h1-2,5-8,10,16H,3-4,9,11-15H2;1-4,7-9,11,17H,5-6,10,12-16H2. The van der Waals surface area contributed by atoms with E-state index in [1.807, 2.05) is 89.7 Å². The normalized spacial score (nSPS) is 15.1. The van der Waals surface area contributed by atoms with Gasteiger partial charge in [0.05, 0.1) is 50.7 Å². The zero-order valence-electron chi connectivity index (χ0n) is 32.1. The Morgan fingerprint density at radius 3 is 1.88 bits per heavy atom. The number of fused-ring (bicyclic) bond motifs is 2. The summed E-state index contributed by atoms with van der Waals surface area (Å²) in [5, 5.41) is 10.8. The fraction of sp³-hybridized carbons (Fsp3) is 0.372. The van der Waals surface area contributed by atoms with Crippen molar-refractivity contribution in [3.63, 3.8) is 0 Å². The molecule has 0 spiro atoms. The fourth-order valence-electron chi connectivity index (χ4n) is 7.29. The number of ether oxygens (including phenoxy) is 2. The highest BCUT2D eigenvalue weighted by Crippen LogP contribution is 2.33. The van der Waals surface area contributed by atoms with Crippen LogP contribution in [0.1, 0.15) is 36.0 Å². The maximum atomic E-state index is 11.4. The zero-order valence-corrected chi connectivity index (χ0v) is 34.3. The molecule has 0 amide bonds. The average molecular weight is 832 g/mol. The van der Waals surface area contributed by atoms with E-state index >= 15 is 0 Å². The SMILES string of the molecule is Clc1ccccc1N1CCN(CCCCOc2cc3ccccn3n2)CC1.O=Cc1c(OCCCCN2CCN(c3cccc(Cl)c3Cl)CC2)nn2ccccc12. The van der Waals surface area contributed by atoms with E-state index in [-0.39, 0.29) is 0 Å². The van der Waals surface area contributed by atoms with Gasteiger partial charge in [-0.1, -0.05) is 65.1 Å². The summed E-state index contributed by atoms with van der Waals surface area (Å²) in [6, 6.07) is 27.5. The summed E-state index contributed by atoms with van der Waals surface area (Å²) in [4.78, 5) is 21.1. The van der Waals surface area contributed by atoms with Gasteiger partial charge in [-0.2, -0.15) is 0 Å². The molecule has 2 saturated heterocycles. The van der Waals surface area contributed by atoms with Crippen LogP contribution >= 0.6 is 34.8 Å². The summed E-state index contributed by atoms with van der Waals surface area (Å²) < 4.78 is 15.1. The molecule has 57 heavy (non-hydrogen) atoms. The summed E-state index contributed by atoms with van der Waals surface area (Å²) >= 11 is 18.8. The second kappa shape index (κ2) is 20.3. The third-order valence-electron chi connectivity index (χ3n) is 10.4. The summed E-state index contributed by atoms with van der Waals surface area (Å²) in [6.07, 6.45) is 8.67. The summed E-state index contributed by atoms with van der Waals surface area (Å²) in [5.74, 6) is 1.11. The van der Waals surface area contributed by atoms with Crippen molar-refractivity contribution in [2.75, 3.05) is 88.5 Å². The first-order valence-electron chi connectivity index (χ1n) is 19.7. The number of benzene rings is 2. The van der Waals surface area contributed by atoms with E-state index in [0.29, 0.717) is 40.6 Å². The summed E-state index contributed by atoms with van der Waals surface area (Å²) in [7, 11) is 0. The molecule has 2 fully saturated rings. The highest BCUT2D eigenvalue weighted by molar-refractivity contribution is 6.43. The van der Waals surface area contributed by atoms with Crippen LogP contribution in [0.25, 0.3) is 11.0 Å². The van der Waals surface area contributed by atoms with Crippen LogP contribution in [0, 0.1) is 0 Å². The molecule has 0 unspecified atom stereocenters. The van der Waals surface area contributed by atoms with Gasteiger partial charge in [0.1, 0.15) is 5.56 Å². The highest BCUT2D eigenvalue weighted by atomic mass is 35.5. The molecular formula is C43H49Cl3N8O3. The number of nitrogens with zero attached hydrogens (tertiary/aromatic N) is 8. The van der Waals surface area contributed by atoms with Gasteiger partial charge < -0.3 is 19.3 Å². The predicted molar refractivity (Wildman–Crippen MR) is 230 cm³/mol.